The van der Waals surface area contributed by atoms with E-state index in [-0.39, 0.29) is 0 Å². The van der Waals surface area contributed by atoms with Crippen LogP contribution in [0.25, 0.3) is 0 Å². The monoisotopic (exact) mass is 237 g/mol. The molecule has 1 heteroatoms. The molecule has 0 bridgehead atoms. The topological polar surface area (TPSA) is 3.24 Å². The Hall–Kier alpha value is -1.60. The molecule has 0 amide bonds. The maximum atomic E-state index is 2.54. The van der Waals surface area contributed by atoms with Gasteiger partial charge in [0.1, 0.15) is 0 Å². The number of nitrogens with zero attached hydrogens (tertiary/aromatic N) is 1. The molecule has 1 aliphatic heterocycles. The molecule has 2 aromatic rings. The highest BCUT2D eigenvalue weighted by atomic mass is 15.1. The third kappa shape index (κ3) is 2.32. The van der Waals surface area contributed by atoms with E-state index in [4.69, 9.17) is 0 Å². The fourth-order valence-electron chi connectivity index (χ4n) is 2.91. The Balaban J connectivity index is 1.78. The van der Waals surface area contributed by atoms with E-state index >= 15 is 0 Å². The lowest BCUT2D eigenvalue weighted by molar-refractivity contribution is 0.226. The van der Waals surface area contributed by atoms with Gasteiger partial charge in [0.15, 0.2) is 0 Å². The molecular formula is C17H19N. The molecule has 3 rings (SSSR count). The second-order valence-corrected chi connectivity index (χ2v) is 5.26. The van der Waals surface area contributed by atoms with Gasteiger partial charge in [0.2, 0.25) is 0 Å². The summed E-state index contributed by atoms with van der Waals surface area (Å²) in [4.78, 5) is 2.54. The van der Waals surface area contributed by atoms with E-state index in [0.717, 1.165) is 19.6 Å². The van der Waals surface area contributed by atoms with Crippen LogP contribution in [-0.2, 0) is 13.1 Å². The van der Waals surface area contributed by atoms with E-state index in [9.17, 15) is 0 Å². The molecule has 18 heavy (non-hydrogen) atoms. The molecule has 0 aliphatic carbocycles. The Morgan fingerprint density at radius 2 is 1.72 bits per heavy atom. The summed E-state index contributed by atoms with van der Waals surface area (Å²) in [6, 6.07) is 19.6. The van der Waals surface area contributed by atoms with Gasteiger partial charge in [0.05, 0.1) is 0 Å². The van der Waals surface area contributed by atoms with Gasteiger partial charge in [0.25, 0.3) is 0 Å². The van der Waals surface area contributed by atoms with Crippen molar-refractivity contribution >= 4 is 0 Å². The lowest BCUT2D eigenvalue weighted by Gasteiger charge is -2.33. The lowest BCUT2D eigenvalue weighted by Crippen LogP contribution is -2.32. The zero-order chi connectivity index (χ0) is 12.4. The van der Waals surface area contributed by atoms with E-state index in [1.54, 1.807) is 0 Å². The molecule has 0 saturated heterocycles. The summed E-state index contributed by atoms with van der Waals surface area (Å²) in [7, 11) is 0. The molecule has 0 N–H and O–H groups in total. The highest BCUT2D eigenvalue weighted by Gasteiger charge is 2.21. The van der Waals surface area contributed by atoms with Gasteiger partial charge in [-0.2, -0.15) is 0 Å². The molecule has 1 heterocycles. The average Bonchev–Trinajstić information content (AvgIpc) is 2.40. The van der Waals surface area contributed by atoms with Crippen LogP contribution in [0.15, 0.2) is 54.6 Å². The van der Waals surface area contributed by atoms with Gasteiger partial charge in [0, 0.05) is 19.6 Å². The molecule has 92 valence electrons. The number of fused-ring (bicyclic) bond motifs is 1. The highest BCUT2D eigenvalue weighted by molar-refractivity contribution is 5.32. The van der Waals surface area contributed by atoms with Crippen LogP contribution in [0.2, 0.25) is 0 Å². The summed E-state index contributed by atoms with van der Waals surface area (Å²) in [5.74, 6) is 0.638. The number of benzene rings is 2. The highest BCUT2D eigenvalue weighted by Crippen LogP contribution is 2.28. The summed E-state index contributed by atoms with van der Waals surface area (Å²) >= 11 is 0. The largest absolute Gasteiger partial charge is 0.294 e. The minimum Gasteiger partial charge on any atom is -0.294 e. The molecule has 0 spiro atoms. The van der Waals surface area contributed by atoms with Crippen molar-refractivity contribution in [2.75, 3.05) is 6.54 Å². The van der Waals surface area contributed by atoms with Crippen molar-refractivity contribution in [2.24, 2.45) is 0 Å². The predicted molar refractivity (Wildman–Crippen MR) is 75.4 cm³/mol. The minimum atomic E-state index is 0.638. The van der Waals surface area contributed by atoms with Crippen molar-refractivity contribution < 1.29 is 0 Å². The van der Waals surface area contributed by atoms with Crippen LogP contribution in [-0.4, -0.2) is 11.4 Å². The second-order valence-electron chi connectivity index (χ2n) is 5.26. The van der Waals surface area contributed by atoms with Crippen LogP contribution in [0.5, 0.6) is 0 Å². The first-order valence-electron chi connectivity index (χ1n) is 6.67. The van der Waals surface area contributed by atoms with E-state index in [0.29, 0.717) is 5.92 Å². The van der Waals surface area contributed by atoms with Crippen LogP contribution in [0, 0.1) is 0 Å². The van der Waals surface area contributed by atoms with Gasteiger partial charge in [-0.15, -0.1) is 0 Å². The van der Waals surface area contributed by atoms with Gasteiger partial charge in [-0.1, -0.05) is 61.5 Å². The summed E-state index contributed by atoms with van der Waals surface area (Å²) in [6.45, 7) is 5.62. The first kappa shape index (κ1) is 11.5. The Bertz CT molecular complexity index is 518. The Morgan fingerprint density at radius 3 is 2.56 bits per heavy atom. The Labute approximate surface area is 109 Å². The van der Waals surface area contributed by atoms with E-state index in [1.165, 1.54) is 16.7 Å². The smallest absolute Gasteiger partial charge is 0.0240 e. The van der Waals surface area contributed by atoms with E-state index < -0.39 is 0 Å². The molecule has 0 saturated carbocycles. The maximum Gasteiger partial charge on any atom is 0.0240 e. The first-order chi connectivity index (χ1) is 8.83. The zero-order valence-corrected chi connectivity index (χ0v) is 10.8. The summed E-state index contributed by atoms with van der Waals surface area (Å²) in [5, 5.41) is 0. The zero-order valence-electron chi connectivity index (χ0n) is 10.8. The summed E-state index contributed by atoms with van der Waals surface area (Å²) in [5.41, 5.74) is 4.43. The lowest BCUT2D eigenvalue weighted by atomic mass is 9.91. The third-order valence-electron chi connectivity index (χ3n) is 3.76. The van der Waals surface area contributed by atoms with Crippen molar-refractivity contribution in [3.05, 3.63) is 71.3 Å². The SMILES string of the molecule is C[C@H]1CN(Cc2ccccc2)Cc2ccccc21. The Morgan fingerprint density at radius 1 is 1.00 bits per heavy atom. The van der Waals surface area contributed by atoms with Crippen LogP contribution in [0.3, 0.4) is 0 Å². The summed E-state index contributed by atoms with van der Waals surface area (Å²) < 4.78 is 0. The van der Waals surface area contributed by atoms with Crippen molar-refractivity contribution in [2.45, 2.75) is 25.9 Å². The molecule has 2 aromatic carbocycles. The molecule has 1 aliphatic rings. The maximum absolute atomic E-state index is 2.54. The van der Waals surface area contributed by atoms with Crippen LogP contribution in [0.4, 0.5) is 0 Å². The predicted octanol–water partition coefficient (Wildman–Crippen LogP) is 3.81. The molecule has 0 aromatic heterocycles. The molecule has 1 atom stereocenters. The minimum absolute atomic E-state index is 0.638. The van der Waals surface area contributed by atoms with E-state index in [1.807, 2.05) is 0 Å². The third-order valence-corrected chi connectivity index (χ3v) is 3.76. The van der Waals surface area contributed by atoms with Crippen molar-refractivity contribution in [1.29, 1.82) is 0 Å². The van der Waals surface area contributed by atoms with Crippen molar-refractivity contribution in [3.8, 4) is 0 Å². The molecular weight excluding hydrogens is 218 g/mol. The fourth-order valence-corrected chi connectivity index (χ4v) is 2.91. The Kier molecular flexibility index (Phi) is 3.16. The van der Waals surface area contributed by atoms with Crippen molar-refractivity contribution in [1.82, 2.24) is 4.90 Å². The van der Waals surface area contributed by atoms with Gasteiger partial charge in [-0.25, -0.2) is 0 Å². The van der Waals surface area contributed by atoms with Crippen LogP contribution in [0.1, 0.15) is 29.5 Å². The average molecular weight is 237 g/mol. The number of rotatable bonds is 2. The quantitative estimate of drug-likeness (QED) is 0.767. The van der Waals surface area contributed by atoms with Gasteiger partial charge < -0.3 is 0 Å². The fraction of sp³-hybridized carbons (Fsp3) is 0.294. The van der Waals surface area contributed by atoms with Crippen LogP contribution < -0.4 is 0 Å². The molecule has 0 unspecified atom stereocenters. The van der Waals surface area contributed by atoms with Gasteiger partial charge >= 0.3 is 0 Å². The number of hydrogen-bond donors (Lipinski definition) is 0. The number of hydrogen-bond acceptors (Lipinski definition) is 1. The second kappa shape index (κ2) is 4.95. The molecule has 0 fully saturated rings. The molecule has 1 nitrogen and oxygen atoms in total. The normalized spacial score (nSPS) is 19.5. The van der Waals surface area contributed by atoms with Crippen molar-refractivity contribution in [3.63, 3.8) is 0 Å². The first-order valence-corrected chi connectivity index (χ1v) is 6.67. The summed E-state index contributed by atoms with van der Waals surface area (Å²) in [6.07, 6.45) is 0. The van der Waals surface area contributed by atoms with Gasteiger partial charge in [-0.3, -0.25) is 4.90 Å². The van der Waals surface area contributed by atoms with Crippen LogP contribution >= 0.6 is 0 Å². The molecule has 0 radical (unpaired) electrons. The van der Waals surface area contributed by atoms with Gasteiger partial charge in [-0.05, 0) is 22.6 Å². The standard InChI is InChI=1S/C17H19N/c1-14-11-18(12-15-7-3-2-4-8-15)13-16-9-5-6-10-17(14)16/h2-10,14H,11-13H2,1H3/t14-/m0/s1. The van der Waals surface area contributed by atoms with E-state index in [2.05, 4.69) is 66.4 Å².